The highest BCUT2D eigenvalue weighted by molar-refractivity contribution is 5.91. The summed E-state index contributed by atoms with van der Waals surface area (Å²) in [6.07, 6.45) is 4.96. The summed E-state index contributed by atoms with van der Waals surface area (Å²) in [6, 6.07) is 0. The van der Waals surface area contributed by atoms with Gasteiger partial charge in [0.15, 0.2) is 5.78 Å². The van der Waals surface area contributed by atoms with Crippen LogP contribution in [0.4, 0.5) is 0 Å². The standard InChI is InChI=1S/C13H22O/c1-5-10(3)11(4)12-6-9(2)7-13(14)8-12/h8-11H,5-7H2,1-4H3. The van der Waals surface area contributed by atoms with Crippen LogP contribution in [0, 0.1) is 17.8 Å². The van der Waals surface area contributed by atoms with E-state index in [0.29, 0.717) is 23.5 Å². The van der Waals surface area contributed by atoms with Crippen LogP contribution in [0.15, 0.2) is 11.6 Å². The SMILES string of the molecule is CCC(C)C(C)C1=CC(=O)CC(C)C1. The summed E-state index contributed by atoms with van der Waals surface area (Å²) >= 11 is 0. The van der Waals surface area contributed by atoms with Crippen LogP contribution in [0.2, 0.25) is 0 Å². The van der Waals surface area contributed by atoms with Gasteiger partial charge in [0, 0.05) is 6.42 Å². The van der Waals surface area contributed by atoms with Crippen molar-refractivity contribution in [3.63, 3.8) is 0 Å². The van der Waals surface area contributed by atoms with Crippen LogP contribution in [0.25, 0.3) is 0 Å². The first-order valence-corrected chi connectivity index (χ1v) is 5.77. The molecule has 0 N–H and O–H groups in total. The van der Waals surface area contributed by atoms with E-state index >= 15 is 0 Å². The van der Waals surface area contributed by atoms with Crippen molar-refractivity contribution in [1.82, 2.24) is 0 Å². The van der Waals surface area contributed by atoms with Gasteiger partial charge in [-0.05, 0) is 30.3 Å². The van der Waals surface area contributed by atoms with E-state index in [9.17, 15) is 4.79 Å². The smallest absolute Gasteiger partial charge is 0.155 e. The number of rotatable bonds is 3. The first kappa shape index (κ1) is 11.5. The Hall–Kier alpha value is -0.590. The summed E-state index contributed by atoms with van der Waals surface area (Å²) in [5.41, 5.74) is 1.38. The second-order valence-electron chi connectivity index (χ2n) is 4.87. The Morgan fingerprint density at radius 1 is 1.43 bits per heavy atom. The largest absolute Gasteiger partial charge is 0.295 e. The summed E-state index contributed by atoms with van der Waals surface area (Å²) in [5.74, 6) is 2.15. The molecule has 0 fully saturated rings. The van der Waals surface area contributed by atoms with Gasteiger partial charge in [-0.2, -0.15) is 0 Å². The van der Waals surface area contributed by atoms with Gasteiger partial charge in [-0.3, -0.25) is 4.79 Å². The molecule has 0 spiro atoms. The highest BCUT2D eigenvalue weighted by Gasteiger charge is 2.22. The summed E-state index contributed by atoms with van der Waals surface area (Å²) in [6.45, 7) is 8.92. The van der Waals surface area contributed by atoms with Gasteiger partial charge < -0.3 is 0 Å². The molecule has 0 amide bonds. The van der Waals surface area contributed by atoms with Crippen LogP contribution in [0.5, 0.6) is 0 Å². The molecule has 0 aromatic carbocycles. The van der Waals surface area contributed by atoms with Crippen LogP contribution >= 0.6 is 0 Å². The van der Waals surface area contributed by atoms with Gasteiger partial charge in [0.2, 0.25) is 0 Å². The Kier molecular flexibility index (Phi) is 3.91. The van der Waals surface area contributed by atoms with Crippen LogP contribution < -0.4 is 0 Å². The zero-order valence-electron chi connectivity index (χ0n) is 9.84. The van der Waals surface area contributed by atoms with E-state index in [2.05, 4.69) is 27.7 Å². The average Bonchev–Trinajstić information content (AvgIpc) is 2.14. The molecule has 80 valence electrons. The van der Waals surface area contributed by atoms with Gasteiger partial charge in [0.1, 0.15) is 0 Å². The summed E-state index contributed by atoms with van der Waals surface area (Å²) in [7, 11) is 0. The highest BCUT2D eigenvalue weighted by atomic mass is 16.1. The fourth-order valence-corrected chi connectivity index (χ4v) is 2.18. The molecule has 14 heavy (non-hydrogen) atoms. The fraction of sp³-hybridized carbons (Fsp3) is 0.769. The molecule has 0 radical (unpaired) electrons. The van der Waals surface area contributed by atoms with E-state index in [4.69, 9.17) is 0 Å². The number of hydrogen-bond donors (Lipinski definition) is 0. The lowest BCUT2D eigenvalue weighted by Crippen LogP contribution is -2.18. The van der Waals surface area contributed by atoms with Crippen molar-refractivity contribution in [2.75, 3.05) is 0 Å². The van der Waals surface area contributed by atoms with E-state index in [-0.39, 0.29) is 0 Å². The third kappa shape index (κ3) is 2.70. The molecule has 0 saturated heterocycles. The third-order valence-electron chi connectivity index (χ3n) is 3.56. The Balaban J connectivity index is 2.71. The van der Waals surface area contributed by atoms with E-state index in [1.165, 1.54) is 12.0 Å². The summed E-state index contributed by atoms with van der Waals surface area (Å²) in [4.78, 5) is 11.4. The maximum atomic E-state index is 11.4. The van der Waals surface area contributed by atoms with E-state index in [0.717, 1.165) is 12.8 Å². The molecule has 1 heteroatoms. The Morgan fingerprint density at radius 2 is 2.07 bits per heavy atom. The van der Waals surface area contributed by atoms with Gasteiger partial charge in [0.05, 0.1) is 0 Å². The lowest BCUT2D eigenvalue weighted by molar-refractivity contribution is -0.115. The average molecular weight is 194 g/mol. The van der Waals surface area contributed by atoms with Crippen molar-refractivity contribution in [1.29, 1.82) is 0 Å². The molecular formula is C13H22O. The van der Waals surface area contributed by atoms with Gasteiger partial charge in [-0.25, -0.2) is 0 Å². The molecular weight excluding hydrogens is 172 g/mol. The highest BCUT2D eigenvalue weighted by Crippen LogP contribution is 2.31. The quantitative estimate of drug-likeness (QED) is 0.671. The molecule has 0 saturated carbocycles. The molecule has 1 nitrogen and oxygen atoms in total. The van der Waals surface area contributed by atoms with Gasteiger partial charge >= 0.3 is 0 Å². The van der Waals surface area contributed by atoms with Crippen LogP contribution in [0.1, 0.15) is 47.0 Å². The van der Waals surface area contributed by atoms with Crippen molar-refractivity contribution in [3.8, 4) is 0 Å². The number of carbonyl (C=O) groups excluding carboxylic acids is 1. The topological polar surface area (TPSA) is 17.1 Å². The molecule has 1 aliphatic rings. The van der Waals surface area contributed by atoms with E-state index in [1.807, 2.05) is 6.08 Å². The Morgan fingerprint density at radius 3 is 2.57 bits per heavy atom. The fourth-order valence-electron chi connectivity index (χ4n) is 2.18. The first-order chi connectivity index (χ1) is 6.54. The minimum absolute atomic E-state index is 0.328. The normalized spacial score (nSPS) is 27.0. The molecule has 3 atom stereocenters. The van der Waals surface area contributed by atoms with Gasteiger partial charge in [-0.1, -0.05) is 39.7 Å². The van der Waals surface area contributed by atoms with Crippen molar-refractivity contribution in [3.05, 3.63) is 11.6 Å². The Bertz CT molecular complexity index is 240. The molecule has 1 rings (SSSR count). The van der Waals surface area contributed by atoms with E-state index < -0.39 is 0 Å². The molecule has 0 aliphatic heterocycles. The van der Waals surface area contributed by atoms with Crippen molar-refractivity contribution >= 4 is 5.78 Å². The second-order valence-corrected chi connectivity index (χ2v) is 4.87. The maximum Gasteiger partial charge on any atom is 0.155 e. The van der Waals surface area contributed by atoms with Crippen molar-refractivity contribution < 1.29 is 4.79 Å². The van der Waals surface area contributed by atoms with Crippen molar-refractivity contribution in [2.45, 2.75) is 47.0 Å². The van der Waals surface area contributed by atoms with Crippen LogP contribution in [-0.2, 0) is 4.79 Å². The molecule has 0 heterocycles. The first-order valence-electron chi connectivity index (χ1n) is 5.77. The predicted molar refractivity (Wildman–Crippen MR) is 60.1 cm³/mol. The molecule has 0 aromatic heterocycles. The van der Waals surface area contributed by atoms with Gasteiger partial charge in [-0.15, -0.1) is 0 Å². The van der Waals surface area contributed by atoms with Crippen LogP contribution in [0.3, 0.4) is 0 Å². The zero-order chi connectivity index (χ0) is 10.7. The molecule has 1 aliphatic carbocycles. The number of ketones is 1. The minimum atomic E-state index is 0.328. The molecule has 0 aromatic rings. The number of hydrogen-bond acceptors (Lipinski definition) is 1. The summed E-state index contributed by atoms with van der Waals surface area (Å²) in [5, 5.41) is 0. The predicted octanol–water partition coefficient (Wildman–Crippen LogP) is 3.59. The minimum Gasteiger partial charge on any atom is -0.295 e. The summed E-state index contributed by atoms with van der Waals surface area (Å²) < 4.78 is 0. The number of allylic oxidation sites excluding steroid dienone is 2. The monoisotopic (exact) mass is 194 g/mol. The van der Waals surface area contributed by atoms with Gasteiger partial charge in [0.25, 0.3) is 0 Å². The molecule has 3 unspecified atom stereocenters. The second kappa shape index (κ2) is 4.77. The lowest BCUT2D eigenvalue weighted by atomic mass is 9.78. The van der Waals surface area contributed by atoms with E-state index in [1.54, 1.807) is 0 Å². The third-order valence-corrected chi connectivity index (χ3v) is 3.56. The lowest BCUT2D eigenvalue weighted by Gasteiger charge is -2.26. The zero-order valence-corrected chi connectivity index (χ0v) is 9.84. The maximum absolute atomic E-state index is 11.4. The number of carbonyl (C=O) groups is 1. The molecule has 0 bridgehead atoms. The van der Waals surface area contributed by atoms with Crippen molar-refractivity contribution in [2.24, 2.45) is 17.8 Å². The van der Waals surface area contributed by atoms with Crippen LogP contribution in [-0.4, -0.2) is 5.78 Å². The Labute approximate surface area is 87.6 Å².